The highest BCUT2D eigenvalue weighted by atomic mass is 35.5. The lowest BCUT2D eigenvalue weighted by Crippen LogP contribution is -2.64. The molecule has 1 aliphatic carbocycles. The number of rotatable bonds is 4. The van der Waals surface area contributed by atoms with Crippen molar-refractivity contribution < 1.29 is 23.9 Å². The van der Waals surface area contributed by atoms with Gasteiger partial charge in [0.2, 0.25) is 5.91 Å². The van der Waals surface area contributed by atoms with Crippen molar-refractivity contribution in [2.24, 2.45) is 5.41 Å². The SMILES string of the molecule is CC1(C)CCC2(CC1)N1[C@H](c3ccccc3)[C@H](c3ccccc3)OC(=O)[C@H]1[C@H](c1cc(Cl)cc(NC(=O)OC(C)(C)C)c1)[C@]21C(=O)Nc2cc(Cl)ccc21. The third kappa shape index (κ3) is 5.89. The first kappa shape index (κ1) is 36.6. The fourth-order valence-electron chi connectivity index (χ4n) is 9.92. The van der Waals surface area contributed by atoms with Gasteiger partial charge in [0.25, 0.3) is 0 Å². The number of esters is 1. The molecule has 0 radical (unpaired) electrons. The Labute approximate surface area is 326 Å². The molecule has 5 atom stereocenters. The Bertz CT molecular complexity index is 2130. The molecular weight excluding hydrogens is 721 g/mol. The van der Waals surface area contributed by atoms with E-state index >= 15 is 9.59 Å². The molecule has 4 aromatic carbocycles. The number of carbonyl (C=O) groups excluding carboxylic acids is 3. The van der Waals surface area contributed by atoms with Crippen LogP contribution in [0.25, 0.3) is 0 Å². The molecule has 1 saturated carbocycles. The molecule has 0 unspecified atom stereocenters. The molecule has 2 saturated heterocycles. The maximum Gasteiger partial charge on any atom is 0.412 e. The number of nitrogens with zero attached hydrogens (tertiary/aromatic N) is 1. The van der Waals surface area contributed by atoms with Gasteiger partial charge in [-0.25, -0.2) is 4.79 Å². The quantitative estimate of drug-likeness (QED) is 0.201. The minimum atomic E-state index is -1.29. The van der Waals surface area contributed by atoms with Gasteiger partial charge >= 0.3 is 12.1 Å². The van der Waals surface area contributed by atoms with Crippen molar-refractivity contribution in [2.45, 2.75) is 101 Å². The van der Waals surface area contributed by atoms with Crippen LogP contribution in [0.5, 0.6) is 0 Å². The zero-order valence-electron chi connectivity index (χ0n) is 31.1. The predicted molar refractivity (Wildman–Crippen MR) is 211 cm³/mol. The zero-order chi connectivity index (χ0) is 38.2. The summed E-state index contributed by atoms with van der Waals surface area (Å²) in [5, 5.41) is 6.94. The molecule has 3 aliphatic heterocycles. The number of morpholine rings is 1. The number of hydrogen-bond donors (Lipinski definition) is 2. The molecule has 2 spiro atoms. The first-order valence-corrected chi connectivity index (χ1v) is 19.4. The van der Waals surface area contributed by atoms with E-state index in [4.69, 9.17) is 32.7 Å². The molecule has 4 aromatic rings. The van der Waals surface area contributed by atoms with Gasteiger partial charge in [-0.1, -0.05) is 104 Å². The summed E-state index contributed by atoms with van der Waals surface area (Å²) in [5.41, 5.74) is 1.40. The maximum atomic E-state index is 15.5. The van der Waals surface area contributed by atoms with Gasteiger partial charge in [-0.15, -0.1) is 0 Å². The smallest absolute Gasteiger partial charge is 0.412 e. The number of nitrogens with one attached hydrogen (secondary N) is 2. The van der Waals surface area contributed by atoms with Crippen molar-refractivity contribution in [3.63, 3.8) is 0 Å². The molecule has 2 amide bonds. The summed E-state index contributed by atoms with van der Waals surface area (Å²) in [7, 11) is 0. The van der Waals surface area contributed by atoms with Gasteiger partial charge in [-0.3, -0.25) is 19.8 Å². The highest BCUT2D eigenvalue weighted by molar-refractivity contribution is 6.31. The van der Waals surface area contributed by atoms with E-state index in [2.05, 4.69) is 41.5 Å². The van der Waals surface area contributed by atoms with Crippen LogP contribution in [0.3, 0.4) is 0 Å². The van der Waals surface area contributed by atoms with Gasteiger partial charge in [0, 0.05) is 32.9 Å². The Hall–Kier alpha value is -4.37. The Kier molecular flexibility index (Phi) is 8.91. The second-order valence-corrected chi connectivity index (χ2v) is 17.9. The summed E-state index contributed by atoms with van der Waals surface area (Å²) in [5.74, 6) is -1.40. The Morgan fingerprint density at radius 3 is 2.11 bits per heavy atom. The number of anilines is 2. The molecule has 4 aliphatic rings. The Morgan fingerprint density at radius 2 is 1.46 bits per heavy atom. The van der Waals surface area contributed by atoms with Crippen LogP contribution in [0, 0.1) is 5.41 Å². The fourth-order valence-corrected chi connectivity index (χ4v) is 10.3. The number of amides is 2. The number of halogens is 2. The fraction of sp³-hybridized carbons (Fsp3) is 0.386. The average molecular weight is 767 g/mol. The molecule has 8 nitrogen and oxygen atoms in total. The molecule has 2 N–H and O–H groups in total. The van der Waals surface area contributed by atoms with Crippen LogP contribution in [0.2, 0.25) is 10.0 Å². The number of ether oxygens (including phenoxy) is 2. The molecule has 280 valence electrons. The second-order valence-electron chi connectivity index (χ2n) is 17.0. The van der Waals surface area contributed by atoms with Crippen molar-refractivity contribution in [1.82, 2.24) is 4.90 Å². The van der Waals surface area contributed by atoms with Gasteiger partial charge in [0.15, 0.2) is 0 Å². The summed E-state index contributed by atoms with van der Waals surface area (Å²) in [6.07, 6.45) is 1.64. The Morgan fingerprint density at radius 1 is 0.815 bits per heavy atom. The number of carbonyl (C=O) groups is 3. The maximum absolute atomic E-state index is 15.5. The third-order valence-electron chi connectivity index (χ3n) is 12.0. The average Bonchev–Trinajstić information content (AvgIpc) is 3.54. The van der Waals surface area contributed by atoms with Crippen LogP contribution in [-0.4, -0.2) is 40.1 Å². The molecule has 0 aromatic heterocycles. The van der Waals surface area contributed by atoms with Crippen LogP contribution < -0.4 is 10.6 Å². The minimum absolute atomic E-state index is 0.00978. The first-order chi connectivity index (χ1) is 25.6. The van der Waals surface area contributed by atoms with Gasteiger partial charge in [-0.05, 0) is 104 Å². The van der Waals surface area contributed by atoms with E-state index in [1.54, 1.807) is 32.9 Å². The van der Waals surface area contributed by atoms with E-state index in [1.165, 1.54) is 0 Å². The highest BCUT2D eigenvalue weighted by Crippen LogP contribution is 2.71. The van der Waals surface area contributed by atoms with Crippen molar-refractivity contribution in [3.05, 3.63) is 129 Å². The van der Waals surface area contributed by atoms with E-state index in [0.717, 1.165) is 29.5 Å². The summed E-state index contributed by atoms with van der Waals surface area (Å²) >= 11 is 13.5. The van der Waals surface area contributed by atoms with E-state index in [1.807, 2.05) is 72.8 Å². The number of benzene rings is 4. The zero-order valence-corrected chi connectivity index (χ0v) is 32.6. The third-order valence-corrected chi connectivity index (χ3v) is 12.5. The highest BCUT2D eigenvalue weighted by Gasteiger charge is 2.78. The van der Waals surface area contributed by atoms with Crippen molar-refractivity contribution in [1.29, 1.82) is 0 Å². The van der Waals surface area contributed by atoms with Crippen molar-refractivity contribution >= 4 is 52.5 Å². The van der Waals surface area contributed by atoms with Crippen LogP contribution in [0.15, 0.2) is 97.1 Å². The second kappa shape index (κ2) is 13.1. The van der Waals surface area contributed by atoms with Crippen LogP contribution in [0.4, 0.5) is 16.2 Å². The molecule has 8 rings (SSSR count). The van der Waals surface area contributed by atoms with Crippen LogP contribution >= 0.6 is 23.2 Å². The van der Waals surface area contributed by atoms with E-state index in [9.17, 15) is 4.79 Å². The van der Waals surface area contributed by atoms with Gasteiger partial charge in [0.1, 0.15) is 23.2 Å². The molecule has 10 heteroatoms. The minimum Gasteiger partial charge on any atom is -0.454 e. The van der Waals surface area contributed by atoms with Gasteiger partial charge < -0.3 is 14.8 Å². The standard InChI is InChI=1S/C44H45Cl2N3O5/c1-41(2,3)54-40(52)47-31-23-28(22-30(46)24-31)34-36-38(50)53-37(27-14-10-7-11-15-27)35(26-12-8-6-9-13-26)49(36)43(20-18-42(4,5)19-21-43)44(34)32-17-16-29(45)25-33(32)48-39(44)51/h6-17,22-25,34-37H,18-21H2,1-5H3,(H,47,52)(H,48,51)/t34-,35+,36+,37-,44+/m0/s1. The molecule has 3 heterocycles. The summed E-state index contributed by atoms with van der Waals surface area (Å²) in [6, 6.07) is 29.5. The van der Waals surface area contributed by atoms with Crippen LogP contribution in [0.1, 0.15) is 101 Å². The summed E-state index contributed by atoms with van der Waals surface area (Å²) < 4.78 is 12.2. The number of fused-ring (bicyclic) bond motifs is 5. The molecule has 0 bridgehead atoms. The Balaban J connectivity index is 1.43. The lowest BCUT2D eigenvalue weighted by molar-refractivity contribution is -0.184. The monoisotopic (exact) mass is 765 g/mol. The number of cyclic esters (lactones) is 1. The lowest BCUT2D eigenvalue weighted by atomic mass is 9.53. The largest absolute Gasteiger partial charge is 0.454 e. The normalized spacial score (nSPS) is 26.9. The number of hydrogen-bond acceptors (Lipinski definition) is 6. The topological polar surface area (TPSA) is 97.0 Å². The molecule has 54 heavy (non-hydrogen) atoms. The summed E-state index contributed by atoms with van der Waals surface area (Å²) in [4.78, 5) is 46.1. The first-order valence-electron chi connectivity index (χ1n) is 18.6. The van der Waals surface area contributed by atoms with E-state index < -0.39 is 52.7 Å². The predicted octanol–water partition coefficient (Wildman–Crippen LogP) is 10.4. The van der Waals surface area contributed by atoms with Crippen molar-refractivity contribution in [3.8, 4) is 0 Å². The van der Waals surface area contributed by atoms with E-state index in [-0.39, 0.29) is 11.3 Å². The van der Waals surface area contributed by atoms with Crippen LogP contribution in [-0.2, 0) is 24.5 Å². The lowest BCUT2D eigenvalue weighted by Gasteiger charge is -2.57. The van der Waals surface area contributed by atoms with E-state index in [0.29, 0.717) is 39.8 Å². The van der Waals surface area contributed by atoms with Crippen molar-refractivity contribution in [2.75, 3.05) is 10.6 Å². The summed E-state index contributed by atoms with van der Waals surface area (Å²) in [6.45, 7) is 9.93. The van der Waals surface area contributed by atoms with Gasteiger partial charge in [0.05, 0.1) is 6.04 Å². The molecule has 3 fully saturated rings. The van der Waals surface area contributed by atoms with Gasteiger partial charge in [-0.2, -0.15) is 0 Å². The molecular formula is C44H45Cl2N3O5.